The summed E-state index contributed by atoms with van der Waals surface area (Å²) in [5, 5.41) is 9.55. The van der Waals surface area contributed by atoms with E-state index < -0.39 is 23.8 Å². The third-order valence-electron chi connectivity index (χ3n) is 4.45. The maximum Gasteiger partial charge on any atom is 0.327 e. The van der Waals surface area contributed by atoms with E-state index in [-0.39, 0.29) is 5.92 Å². The number of aliphatic carboxylic acids is 1. The minimum Gasteiger partial charge on any atom is -0.480 e. The summed E-state index contributed by atoms with van der Waals surface area (Å²) < 4.78 is 0. The largest absolute Gasteiger partial charge is 0.480 e. The van der Waals surface area contributed by atoms with E-state index in [4.69, 9.17) is 0 Å². The molecule has 0 aromatic heterocycles. The van der Waals surface area contributed by atoms with E-state index in [0.717, 1.165) is 37.0 Å². The van der Waals surface area contributed by atoms with Gasteiger partial charge in [-0.1, -0.05) is 31.4 Å². The van der Waals surface area contributed by atoms with Crippen molar-refractivity contribution in [3.05, 3.63) is 35.4 Å². The van der Waals surface area contributed by atoms with Crippen molar-refractivity contribution in [2.75, 3.05) is 0 Å². The molecule has 1 fully saturated rings. The first-order valence-corrected chi connectivity index (χ1v) is 7.31. The fraction of sp³-hybridized carbons (Fsp3) is 0.438. The summed E-state index contributed by atoms with van der Waals surface area (Å²) in [6, 6.07) is 5.48. The van der Waals surface area contributed by atoms with Gasteiger partial charge in [-0.2, -0.15) is 0 Å². The summed E-state index contributed by atoms with van der Waals surface area (Å²) in [4.78, 5) is 37.5. The number of amides is 2. The van der Waals surface area contributed by atoms with Crippen molar-refractivity contribution in [3.8, 4) is 0 Å². The van der Waals surface area contributed by atoms with Crippen molar-refractivity contribution < 1.29 is 19.5 Å². The van der Waals surface area contributed by atoms with Crippen LogP contribution in [0.1, 0.15) is 52.8 Å². The van der Waals surface area contributed by atoms with E-state index in [2.05, 4.69) is 0 Å². The summed E-state index contributed by atoms with van der Waals surface area (Å²) >= 11 is 0. The first-order valence-electron chi connectivity index (χ1n) is 7.31. The Kier molecular flexibility index (Phi) is 3.49. The van der Waals surface area contributed by atoms with Crippen molar-refractivity contribution in [1.29, 1.82) is 0 Å². The number of hydrogen-bond donors (Lipinski definition) is 1. The van der Waals surface area contributed by atoms with Crippen LogP contribution in [0.3, 0.4) is 0 Å². The lowest BCUT2D eigenvalue weighted by molar-refractivity contribution is -0.144. The van der Waals surface area contributed by atoms with E-state index >= 15 is 0 Å². The number of hydrogen-bond acceptors (Lipinski definition) is 3. The van der Waals surface area contributed by atoms with Crippen molar-refractivity contribution in [2.45, 2.75) is 38.1 Å². The molecular weight excluding hydrogens is 270 g/mol. The standard InChI is InChI=1S/C16H17NO4/c18-14-11-8-4-5-9-12(11)15(19)17(14)13(16(20)21)10-6-2-1-3-7-10/h4-5,8-10,13H,1-3,6-7H2,(H,20,21). The molecule has 0 radical (unpaired) electrons. The number of benzene rings is 1. The monoisotopic (exact) mass is 287 g/mol. The van der Waals surface area contributed by atoms with Crippen molar-refractivity contribution in [1.82, 2.24) is 4.90 Å². The fourth-order valence-electron chi connectivity index (χ4n) is 3.43. The molecule has 1 aliphatic heterocycles. The van der Waals surface area contributed by atoms with Gasteiger partial charge in [-0.25, -0.2) is 4.79 Å². The van der Waals surface area contributed by atoms with Gasteiger partial charge in [0.2, 0.25) is 0 Å². The Labute approximate surface area is 122 Å². The number of fused-ring (bicyclic) bond motifs is 1. The van der Waals surface area contributed by atoms with Gasteiger partial charge < -0.3 is 5.11 Å². The number of carbonyl (C=O) groups is 3. The summed E-state index contributed by atoms with van der Waals surface area (Å²) in [5.41, 5.74) is 0.620. The molecule has 21 heavy (non-hydrogen) atoms. The minimum absolute atomic E-state index is 0.140. The highest BCUT2D eigenvalue weighted by Gasteiger charge is 2.46. The second-order valence-electron chi connectivity index (χ2n) is 5.71. The second kappa shape index (κ2) is 5.31. The van der Waals surface area contributed by atoms with Crippen LogP contribution >= 0.6 is 0 Å². The normalized spacial score (nSPS) is 20.5. The molecule has 5 heteroatoms. The average molecular weight is 287 g/mol. The summed E-state index contributed by atoms with van der Waals surface area (Å²) in [6.07, 6.45) is 4.51. The Balaban J connectivity index is 1.96. The van der Waals surface area contributed by atoms with Gasteiger partial charge >= 0.3 is 5.97 Å². The Morgan fingerprint density at radius 1 is 1.05 bits per heavy atom. The highest BCUT2D eigenvalue weighted by atomic mass is 16.4. The Morgan fingerprint density at radius 3 is 2.05 bits per heavy atom. The molecule has 1 N–H and O–H groups in total. The molecule has 1 aliphatic carbocycles. The molecule has 110 valence electrons. The maximum atomic E-state index is 12.4. The molecule has 0 spiro atoms. The zero-order valence-corrected chi connectivity index (χ0v) is 11.6. The smallest absolute Gasteiger partial charge is 0.327 e. The van der Waals surface area contributed by atoms with E-state index in [1.54, 1.807) is 24.3 Å². The number of rotatable bonds is 3. The van der Waals surface area contributed by atoms with Crippen LogP contribution in [0.4, 0.5) is 0 Å². The summed E-state index contributed by atoms with van der Waals surface area (Å²) in [7, 11) is 0. The number of carboxylic acids is 1. The topological polar surface area (TPSA) is 74.7 Å². The average Bonchev–Trinajstić information content (AvgIpc) is 2.74. The molecule has 1 heterocycles. The molecule has 2 amide bonds. The van der Waals surface area contributed by atoms with Crippen LogP contribution in [0.15, 0.2) is 24.3 Å². The van der Waals surface area contributed by atoms with Crippen LogP contribution in [-0.2, 0) is 4.79 Å². The van der Waals surface area contributed by atoms with Crippen LogP contribution in [-0.4, -0.2) is 33.8 Å². The summed E-state index contributed by atoms with van der Waals surface area (Å²) in [5.74, 6) is -2.18. The number of carboxylic acid groups (broad SMARTS) is 1. The van der Waals surface area contributed by atoms with Crippen LogP contribution in [0.2, 0.25) is 0 Å². The third kappa shape index (κ3) is 2.22. The number of imide groups is 1. The Hall–Kier alpha value is -2.17. The minimum atomic E-state index is -1.09. The molecule has 1 aromatic carbocycles. The van der Waals surface area contributed by atoms with Gasteiger partial charge in [-0.05, 0) is 30.9 Å². The van der Waals surface area contributed by atoms with Crippen molar-refractivity contribution >= 4 is 17.8 Å². The second-order valence-corrected chi connectivity index (χ2v) is 5.71. The van der Waals surface area contributed by atoms with Gasteiger partial charge in [-0.3, -0.25) is 14.5 Å². The SMILES string of the molecule is O=C(O)C(C1CCCCC1)N1C(=O)c2ccccc2C1=O. The van der Waals surface area contributed by atoms with Crippen molar-refractivity contribution in [2.24, 2.45) is 5.92 Å². The molecular formula is C16H17NO4. The molecule has 1 atom stereocenters. The predicted molar refractivity (Wildman–Crippen MR) is 74.9 cm³/mol. The predicted octanol–water partition coefficient (Wildman–Crippen LogP) is 2.32. The zero-order chi connectivity index (χ0) is 15.0. The van der Waals surface area contributed by atoms with Crippen LogP contribution in [0, 0.1) is 5.92 Å². The Morgan fingerprint density at radius 2 is 1.57 bits per heavy atom. The van der Waals surface area contributed by atoms with E-state index in [1.807, 2.05) is 0 Å². The Bertz CT molecular complexity index is 569. The molecule has 3 rings (SSSR count). The molecule has 2 aliphatic rings. The van der Waals surface area contributed by atoms with Gasteiger partial charge in [-0.15, -0.1) is 0 Å². The van der Waals surface area contributed by atoms with Gasteiger partial charge in [0.25, 0.3) is 11.8 Å². The lowest BCUT2D eigenvalue weighted by atomic mass is 9.83. The van der Waals surface area contributed by atoms with Gasteiger partial charge in [0.1, 0.15) is 6.04 Å². The summed E-state index contributed by atoms with van der Waals surface area (Å²) in [6.45, 7) is 0. The highest BCUT2D eigenvalue weighted by Crippen LogP contribution is 2.33. The number of carbonyl (C=O) groups excluding carboxylic acids is 2. The van der Waals surface area contributed by atoms with E-state index in [9.17, 15) is 19.5 Å². The first-order chi connectivity index (χ1) is 10.1. The lowest BCUT2D eigenvalue weighted by Crippen LogP contribution is -2.49. The first kappa shape index (κ1) is 13.8. The van der Waals surface area contributed by atoms with E-state index in [0.29, 0.717) is 11.1 Å². The number of nitrogens with zero attached hydrogens (tertiary/aromatic N) is 1. The van der Waals surface area contributed by atoms with Gasteiger partial charge in [0, 0.05) is 0 Å². The molecule has 0 saturated heterocycles. The third-order valence-corrected chi connectivity index (χ3v) is 4.45. The zero-order valence-electron chi connectivity index (χ0n) is 11.6. The van der Waals surface area contributed by atoms with Crippen LogP contribution in [0.5, 0.6) is 0 Å². The van der Waals surface area contributed by atoms with Crippen LogP contribution < -0.4 is 0 Å². The maximum absolute atomic E-state index is 12.4. The highest BCUT2D eigenvalue weighted by molar-refractivity contribution is 6.22. The molecule has 0 bridgehead atoms. The van der Waals surface area contributed by atoms with Gasteiger partial charge in [0.05, 0.1) is 11.1 Å². The fourth-order valence-corrected chi connectivity index (χ4v) is 3.43. The quantitative estimate of drug-likeness (QED) is 0.866. The molecule has 1 saturated carbocycles. The van der Waals surface area contributed by atoms with Crippen molar-refractivity contribution in [3.63, 3.8) is 0 Å². The molecule has 1 unspecified atom stereocenters. The lowest BCUT2D eigenvalue weighted by Gasteiger charge is -2.32. The van der Waals surface area contributed by atoms with Crippen LogP contribution in [0.25, 0.3) is 0 Å². The molecule has 1 aromatic rings. The molecule has 5 nitrogen and oxygen atoms in total. The van der Waals surface area contributed by atoms with Gasteiger partial charge in [0.15, 0.2) is 0 Å². The van der Waals surface area contributed by atoms with E-state index in [1.165, 1.54) is 0 Å².